The molecule has 4 rings (SSSR count). The van der Waals surface area contributed by atoms with Crippen molar-refractivity contribution in [2.45, 2.75) is 15.7 Å². The van der Waals surface area contributed by atoms with E-state index in [4.69, 9.17) is 10.4 Å². The van der Waals surface area contributed by atoms with Gasteiger partial charge in [-0.1, -0.05) is 52.0 Å². The molecule has 1 aliphatic heterocycles. The Morgan fingerprint density at radius 3 is 2.68 bits per heavy atom. The number of nitrogens with zero attached hydrogens (tertiary/aromatic N) is 3. The SMILES string of the molecule is Cc1noc(-c2cccc(N(N)C3=C(C(I)C(=O)O)CS(=O)(=O)c4ccccc43)c2)n1. The van der Waals surface area contributed by atoms with E-state index in [-0.39, 0.29) is 10.5 Å². The fourth-order valence-corrected chi connectivity index (χ4v) is 5.88. The number of rotatable bonds is 5. The van der Waals surface area contributed by atoms with Gasteiger partial charge in [0.2, 0.25) is 0 Å². The fraction of sp³-hybridized carbons (Fsp3) is 0.150. The standard InChI is InChI=1S/C20H17IN4O5S/c1-11-23-19(30-24-11)12-5-4-6-13(9-12)25(22)18-14-7-2-3-8-16(14)31(28,29)10-15(18)17(21)20(26)27/h2-9,17H,10,22H2,1H3,(H,26,27). The smallest absolute Gasteiger partial charge is 0.320 e. The van der Waals surface area contributed by atoms with E-state index in [1.54, 1.807) is 72.0 Å². The first-order chi connectivity index (χ1) is 14.7. The van der Waals surface area contributed by atoms with Crippen molar-refractivity contribution in [3.8, 4) is 11.5 Å². The number of benzene rings is 2. The zero-order chi connectivity index (χ0) is 22.3. The highest BCUT2D eigenvalue weighted by atomic mass is 127. The van der Waals surface area contributed by atoms with Crippen molar-refractivity contribution < 1.29 is 22.8 Å². The Labute approximate surface area is 191 Å². The van der Waals surface area contributed by atoms with Crippen molar-refractivity contribution in [3.05, 3.63) is 65.5 Å². The molecule has 0 saturated heterocycles. The number of alkyl halides is 1. The molecule has 0 aliphatic carbocycles. The van der Waals surface area contributed by atoms with Gasteiger partial charge in [-0.25, -0.2) is 14.3 Å². The molecule has 0 bridgehead atoms. The van der Waals surface area contributed by atoms with Gasteiger partial charge >= 0.3 is 5.97 Å². The quantitative estimate of drug-likeness (QED) is 0.212. The Morgan fingerprint density at radius 1 is 1.26 bits per heavy atom. The van der Waals surface area contributed by atoms with Crippen LogP contribution in [-0.4, -0.2) is 39.3 Å². The second kappa shape index (κ2) is 8.05. The summed E-state index contributed by atoms with van der Waals surface area (Å²) in [5.41, 5.74) is 2.02. The zero-order valence-corrected chi connectivity index (χ0v) is 19.2. The number of aliphatic carboxylic acids is 1. The average molecular weight is 552 g/mol. The van der Waals surface area contributed by atoms with E-state index in [0.717, 1.165) is 0 Å². The number of fused-ring (bicyclic) bond motifs is 1. The van der Waals surface area contributed by atoms with E-state index in [1.807, 2.05) is 0 Å². The van der Waals surface area contributed by atoms with Crippen molar-refractivity contribution in [2.24, 2.45) is 5.84 Å². The molecule has 0 radical (unpaired) electrons. The second-order valence-corrected chi connectivity index (χ2v) is 10.1. The number of hydrazine groups is 1. The van der Waals surface area contributed by atoms with Crippen molar-refractivity contribution in [1.82, 2.24) is 10.1 Å². The molecule has 0 fully saturated rings. The summed E-state index contributed by atoms with van der Waals surface area (Å²) < 4.78 is 29.8. The summed E-state index contributed by atoms with van der Waals surface area (Å²) in [5, 5.41) is 14.7. The molecule has 1 aliphatic rings. The second-order valence-electron chi connectivity index (χ2n) is 6.90. The normalized spacial score (nSPS) is 16.0. The lowest BCUT2D eigenvalue weighted by Crippen LogP contribution is -2.37. The van der Waals surface area contributed by atoms with E-state index in [2.05, 4.69) is 10.1 Å². The zero-order valence-electron chi connectivity index (χ0n) is 16.2. The maximum Gasteiger partial charge on any atom is 0.320 e. The number of nitrogens with two attached hydrogens (primary N) is 1. The lowest BCUT2D eigenvalue weighted by molar-refractivity contribution is -0.135. The van der Waals surface area contributed by atoms with Gasteiger partial charge in [-0.2, -0.15) is 4.98 Å². The van der Waals surface area contributed by atoms with Gasteiger partial charge in [0, 0.05) is 11.1 Å². The number of carbonyl (C=O) groups is 1. The van der Waals surface area contributed by atoms with Crippen LogP contribution in [0.1, 0.15) is 11.4 Å². The fourth-order valence-electron chi connectivity index (χ4n) is 3.42. The van der Waals surface area contributed by atoms with Gasteiger partial charge in [-0.15, -0.1) is 0 Å². The van der Waals surface area contributed by atoms with Gasteiger partial charge in [0.1, 0.15) is 3.92 Å². The summed E-state index contributed by atoms with van der Waals surface area (Å²) in [5.74, 6) is 5.68. The molecular weight excluding hydrogens is 535 g/mol. The van der Waals surface area contributed by atoms with Crippen LogP contribution in [0.5, 0.6) is 0 Å². The van der Waals surface area contributed by atoms with E-state index >= 15 is 0 Å². The topological polar surface area (TPSA) is 140 Å². The lowest BCUT2D eigenvalue weighted by atomic mass is 10.0. The number of carboxylic acid groups (broad SMARTS) is 1. The van der Waals surface area contributed by atoms with E-state index in [9.17, 15) is 18.3 Å². The highest BCUT2D eigenvalue weighted by Crippen LogP contribution is 2.39. The Hall–Kier alpha value is -2.77. The van der Waals surface area contributed by atoms with Gasteiger partial charge in [-0.3, -0.25) is 9.80 Å². The number of hydrogen-bond donors (Lipinski definition) is 2. The van der Waals surface area contributed by atoms with Crippen LogP contribution in [0.2, 0.25) is 0 Å². The molecule has 2 heterocycles. The van der Waals surface area contributed by atoms with Crippen LogP contribution in [0.3, 0.4) is 0 Å². The third-order valence-corrected chi connectivity index (χ3v) is 7.79. The van der Waals surface area contributed by atoms with Crippen LogP contribution in [0.4, 0.5) is 5.69 Å². The van der Waals surface area contributed by atoms with Crippen molar-refractivity contribution in [2.75, 3.05) is 10.8 Å². The first-order valence-electron chi connectivity index (χ1n) is 9.06. The minimum atomic E-state index is -3.71. The number of halogens is 1. The molecule has 3 aromatic rings. The van der Waals surface area contributed by atoms with Crippen LogP contribution in [0, 0.1) is 6.92 Å². The summed E-state index contributed by atoms with van der Waals surface area (Å²) in [4.78, 5) is 16.1. The van der Waals surface area contributed by atoms with Gasteiger partial charge in [0.25, 0.3) is 5.89 Å². The van der Waals surface area contributed by atoms with Gasteiger partial charge in [-0.05, 0) is 36.8 Å². The summed E-state index contributed by atoms with van der Waals surface area (Å²) in [6, 6.07) is 13.4. The van der Waals surface area contributed by atoms with Crippen molar-refractivity contribution in [3.63, 3.8) is 0 Å². The lowest BCUT2D eigenvalue weighted by Gasteiger charge is -2.31. The molecule has 31 heavy (non-hydrogen) atoms. The Balaban J connectivity index is 1.90. The molecule has 0 saturated carbocycles. The molecule has 1 atom stereocenters. The minimum absolute atomic E-state index is 0.113. The molecule has 0 spiro atoms. The highest BCUT2D eigenvalue weighted by molar-refractivity contribution is 14.1. The van der Waals surface area contributed by atoms with Crippen LogP contribution in [0.15, 0.2) is 63.5 Å². The molecule has 9 nitrogen and oxygen atoms in total. The first kappa shape index (κ1) is 21.5. The van der Waals surface area contributed by atoms with Crippen molar-refractivity contribution in [1.29, 1.82) is 0 Å². The summed E-state index contributed by atoms with van der Waals surface area (Å²) in [6.07, 6.45) is 0. The third-order valence-electron chi connectivity index (χ3n) is 4.79. The predicted octanol–water partition coefficient (Wildman–Crippen LogP) is 2.81. The summed E-state index contributed by atoms with van der Waals surface area (Å²) in [6.45, 7) is 1.70. The first-order valence-corrected chi connectivity index (χ1v) is 12.0. The van der Waals surface area contributed by atoms with E-state index < -0.39 is 25.5 Å². The Bertz CT molecular complexity index is 1320. The largest absolute Gasteiger partial charge is 0.480 e. The van der Waals surface area contributed by atoms with Crippen LogP contribution in [0.25, 0.3) is 17.2 Å². The summed E-state index contributed by atoms with van der Waals surface area (Å²) >= 11 is 1.72. The molecule has 2 aromatic carbocycles. The van der Waals surface area contributed by atoms with Crippen LogP contribution in [-0.2, 0) is 14.6 Å². The molecule has 1 unspecified atom stereocenters. The van der Waals surface area contributed by atoms with Gasteiger partial charge in [0.05, 0.1) is 22.0 Å². The molecule has 1 aromatic heterocycles. The minimum Gasteiger partial charge on any atom is -0.480 e. The number of hydrogen-bond acceptors (Lipinski definition) is 8. The number of sulfone groups is 1. The van der Waals surface area contributed by atoms with Crippen LogP contribution >= 0.6 is 22.6 Å². The van der Waals surface area contributed by atoms with Gasteiger partial charge in [0.15, 0.2) is 15.7 Å². The predicted molar refractivity (Wildman–Crippen MR) is 122 cm³/mol. The number of aromatic nitrogens is 2. The van der Waals surface area contributed by atoms with E-state index in [1.165, 1.54) is 11.1 Å². The molecule has 160 valence electrons. The maximum atomic E-state index is 12.8. The summed E-state index contributed by atoms with van der Waals surface area (Å²) in [7, 11) is -3.71. The van der Waals surface area contributed by atoms with Crippen molar-refractivity contribution >= 4 is 49.8 Å². The molecular formula is C20H17IN4O5S. The molecule has 3 N–H and O–H groups in total. The maximum absolute atomic E-state index is 12.8. The molecule has 0 amide bonds. The Morgan fingerprint density at radius 2 is 2.00 bits per heavy atom. The third kappa shape index (κ3) is 3.95. The molecule has 11 heteroatoms. The number of carboxylic acids is 1. The van der Waals surface area contributed by atoms with E-state index in [0.29, 0.717) is 34.2 Å². The monoisotopic (exact) mass is 552 g/mol. The highest BCUT2D eigenvalue weighted by Gasteiger charge is 2.37. The Kier molecular flexibility index (Phi) is 5.58. The average Bonchev–Trinajstić information content (AvgIpc) is 3.19. The number of aryl methyl sites for hydroxylation is 1. The number of anilines is 1. The van der Waals surface area contributed by atoms with Gasteiger partial charge < -0.3 is 9.63 Å². The van der Waals surface area contributed by atoms with Crippen LogP contribution < -0.4 is 10.9 Å².